The molecule has 6 aromatic rings. The van der Waals surface area contributed by atoms with Gasteiger partial charge >= 0.3 is 12.2 Å². The number of nitrogens with zero attached hydrogens (tertiary/aromatic N) is 4. The first-order valence-electron chi connectivity index (χ1n) is 22.1. The van der Waals surface area contributed by atoms with Crippen LogP contribution >= 0.6 is 0 Å². The Hall–Kier alpha value is -7.07. The van der Waals surface area contributed by atoms with Gasteiger partial charge in [0, 0.05) is 43.0 Å². The number of halogens is 1. The van der Waals surface area contributed by atoms with Gasteiger partial charge in [0.05, 0.1) is 50.1 Å². The number of amides is 4. The summed E-state index contributed by atoms with van der Waals surface area (Å²) in [6.45, 7) is 2.11. The molecule has 15 nitrogen and oxygen atoms in total. The summed E-state index contributed by atoms with van der Waals surface area (Å²) in [6, 6.07) is 23.8. The maximum Gasteiger partial charge on any atom is 0.407 e. The second kappa shape index (κ2) is 19.0. The van der Waals surface area contributed by atoms with Crippen molar-refractivity contribution in [1.29, 1.82) is 0 Å². The van der Waals surface area contributed by atoms with Crippen molar-refractivity contribution in [3.05, 3.63) is 120 Å². The maximum atomic E-state index is 16.0. The normalized spacial score (nSPS) is 18.6. The summed E-state index contributed by atoms with van der Waals surface area (Å²) >= 11 is 0. The van der Waals surface area contributed by atoms with Crippen molar-refractivity contribution in [3.63, 3.8) is 0 Å². The third kappa shape index (κ3) is 9.03. The molecule has 4 N–H and O–H groups in total. The molecule has 4 unspecified atom stereocenters. The van der Waals surface area contributed by atoms with Crippen molar-refractivity contribution in [2.45, 2.75) is 62.7 Å². The molecule has 3 aliphatic rings. The van der Waals surface area contributed by atoms with E-state index in [-0.39, 0.29) is 35.6 Å². The van der Waals surface area contributed by atoms with Crippen LogP contribution in [-0.4, -0.2) is 100 Å². The van der Waals surface area contributed by atoms with Crippen LogP contribution in [-0.2, 0) is 23.8 Å². The number of imidazole rings is 2. The lowest BCUT2D eigenvalue weighted by Gasteiger charge is -2.34. The molecule has 2 aromatic heterocycles. The molecule has 0 saturated carbocycles. The Morgan fingerprint density at radius 1 is 0.692 bits per heavy atom. The minimum atomic E-state index is -0.908. The van der Waals surface area contributed by atoms with Gasteiger partial charge in [-0.3, -0.25) is 9.59 Å². The number of hydrogen-bond acceptors (Lipinski definition) is 9. The van der Waals surface area contributed by atoms with E-state index in [9.17, 15) is 19.2 Å². The molecule has 65 heavy (non-hydrogen) atoms. The zero-order valence-electron chi connectivity index (χ0n) is 36.2. The fraction of sp³-hybridized carbons (Fsp3) is 0.347. The topological polar surface area (TPSA) is 184 Å². The van der Waals surface area contributed by atoms with Gasteiger partial charge in [-0.1, -0.05) is 66.7 Å². The highest BCUT2D eigenvalue weighted by Crippen LogP contribution is 2.37. The van der Waals surface area contributed by atoms with Crippen molar-refractivity contribution in [2.24, 2.45) is 5.92 Å². The summed E-state index contributed by atoms with van der Waals surface area (Å²) < 4.78 is 31.2. The second-order valence-corrected chi connectivity index (χ2v) is 16.8. The third-order valence-corrected chi connectivity index (χ3v) is 12.9. The first-order valence-corrected chi connectivity index (χ1v) is 22.1. The molecule has 3 aliphatic heterocycles. The first kappa shape index (κ1) is 43.2. The van der Waals surface area contributed by atoms with E-state index < -0.39 is 24.3 Å². The average molecular weight is 883 g/mol. The van der Waals surface area contributed by atoms with Gasteiger partial charge < -0.3 is 44.6 Å². The van der Waals surface area contributed by atoms with Crippen LogP contribution in [0.2, 0.25) is 0 Å². The number of nitrogens with one attached hydrogen (secondary N) is 4. The fourth-order valence-corrected chi connectivity index (χ4v) is 9.50. The summed E-state index contributed by atoms with van der Waals surface area (Å²) in [7, 11) is 2.55. The molecule has 5 heterocycles. The van der Waals surface area contributed by atoms with Crippen LogP contribution in [0.4, 0.5) is 14.0 Å². The zero-order chi connectivity index (χ0) is 45.0. The van der Waals surface area contributed by atoms with Crippen molar-refractivity contribution in [3.8, 4) is 33.6 Å². The Morgan fingerprint density at radius 3 is 1.86 bits per heavy atom. The number of H-pyrrole nitrogens is 2. The third-order valence-electron chi connectivity index (χ3n) is 12.9. The summed E-state index contributed by atoms with van der Waals surface area (Å²) in [5, 5.41) is 7.38. The number of carbonyl (C=O) groups is 4. The molecule has 4 atom stereocenters. The van der Waals surface area contributed by atoms with Crippen LogP contribution in [0, 0.1) is 11.7 Å². The number of rotatable bonds is 11. The maximum absolute atomic E-state index is 16.0. The molecule has 0 spiro atoms. The number of ether oxygens (including phenoxy) is 3. The minimum Gasteiger partial charge on any atom is -0.453 e. The summed E-state index contributed by atoms with van der Waals surface area (Å²) in [5.41, 5.74) is 4.79. The van der Waals surface area contributed by atoms with Gasteiger partial charge in [-0.2, -0.15) is 0 Å². The molecule has 4 amide bonds. The zero-order valence-corrected chi connectivity index (χ0v) is 36.2. The molecule has 0 radical (unpaired) electrons. The number of hydrogen-bond donors (Lipinski definition) is 4. The van der Waals surface area contributed by atoms with Crippen LogP contribution in [0.25, 0.3) is 44.4 Å². The van der Waals surface area contributed by atoms with Crippen LogP contribution < -0.4 is 10.6 Å². The Bertz CT molecular complexity index is 2700. The van der Waals surface area contributed by atoms with Crippen LogP contribution in [0.5, 0.6) is 0 Å². The number of alkyl carbamates (subject to hydrolysis) is 2. The molecule has 3 fully saturated rings. The minimum absolute atomic E-state index is 0.0730. The van der Waals surface area contributed by atoms with Crippen molar-refractivity contribution >= 4 is 34.8 Å². The second-order valence-electron chi connectivity index (χ2n) is 16.8. The summed E-state index contributed by atoms with van der Waals surface area (Å²) in [4.78, 5) is 72.2. The molecule has 336 valence electrons. The Kier molecular flexibility index (Phi) is 12.6. The van der Waals surface area contributed by atoms with Crippen molar-refractivity contribution < 1.29 is 37.8 Å². The molecular formula is C49H51FN8O7. The highest BCUT2D eigenvalue weighted by atomic mass is 19.1. The SMILES string of the molecule is COC(=O)NC(C(=O)N1CCCC1c1ncc(-c2ccc3cc(-c4ccc(-c5cnc(C6CCCN6C(=O)C(NC(=O)OC)C6CCOCC6)[nH]5)cc4F)ccc3c2)[nH]1)c1ccccc1. The van der Waals surface area contributed by atoms with E-state index in [2.05, 4.69) is 31.7 Å². The van der Waals surface area contributed by atoms with Crippen LogP contribution in [0.15, 0.2) is 97.3 Å². The van der Waals surface area contributed by atoms with E-state index in [1.807, 2.05) is 54.6 Å². The number of methoxy groups -OCH3 is 2. The summed E-state index contributed by atoms with van der Waals surface area (Å²) in [6.07, 6.45) is 6.40. The van der Waals surface area contributed by atoms with Gasteiger partial charge in [0.2, 0.25) is 5.91 Å². The van der Waals surface area contributed by atoms with Gasteiger partial charge in [-0.25, -0.2) is 23.9 Å². The Morgan fingerprint density at radius 2 is 1.25 bits per heavy atom. The average Bonchev–Trinajstić information content (AvgIpc) is 4.20. The van der Waals surface area contributed by atoms with Crippen molar-refractivity contribution in [1.82, 2.24) is 40.4 Å². The van der Waals surface area contributed by atoms with E-state index in [0.717, 1.165) is 46.9 Å². The highest BCUT2D eigenvalue weighted by Gasteiger charge is 2.40. The lowest BCUT2D eigenvalue weighted by atomic mass is 9.90. The number of fused-ring (bicyclic) bond motifs is 1. The van der Waals surface area contributed by atoms with E-state index in [1.165, 1.54) is 20.3 Å². The number of likely N-dealkylation sites (tertiary alicyclic amines) is 2. The standard InChI is InChI=1S/C49H51FN8O7/c1-63-48(61)55-42(29-8-4-3-5-9-29)46(59)57-20-6-10-40(57)44-51-27-38(53-44)34-15-13-31-24-33(14-12-32(31)25-34)36-17-16-35(26-37(36)50)39-28-52-45(54-39)41-11-7-21-58(41)47(60)43(56-49(62)64-2)30-18-22-65-23-19-30/h3-5,8-9,12-17,24-28,30,40-43H,6-7,10-11,18-23H2,1-2H3,(H,51,53)(H,52,54)(H,55,61)(H,56,62). The van der Waals surface area contributed by atoms with Gasteiger partial charge in [0.25, 0.3) is 5.91 Å². The smallest absolute Gasteiger partial charge is 0.407 e. The molecule has 9 rings (SSSR count). The monoisotopic (exact) mass is 882 g/mol. The Balaban J connectivity index is 0.884. The molecule has 4 aromatic carbocycles. The molecule has 0 aliphatic carbocycles. The molecule has 16 heteroatoms. The molecule has 3 saturated heterocycles. The predicted octanol–water partition coefficient (Wildman–Crippen LogP) is 8.00. The number of carbonyl (C=O) groups excluding carboxylic acids is 4. The van der Waals surface area contributed by atoms with Crippen LogP contribution in [0.3, 0.4) is 0 Å². The fourth-order valence-electron chi connectivity index (χ4n) is 9.50. The lowest BCUT2D eigenvalue weighted by Crippen LogP contribution is -2.53. The Labute approximate surface area is 375 Å². The first-order chi connectivity index (χ1) is 31.7. The largest absolute Gasteiger partial charge is 0.453 e. The predicted molar refractivity (Wildman–Crippen MR) is 239 cm³/mol. The van der Waals surface area contributed by atoms with Gasteiger partial charge in [0.15, 0.2) is 0 Å². The van der Waals surface area contributed by atoms with E-state index in [0.29, 0.717) is 79.6 Å². The van der Waals surface area contributed by atoms with Gasteiger partial charge in [0.1, 0.15) is 29.5 Å². The van der Waals surface area contributed by atoms with Gasteiger partial charge in [-0.15, -0.1) is 0 Å². The summed E-state index contributed by atoms with van der Waals surface area (Å²) in [5.74, 6) is 0.399. The molecular weight excluding hydrogens is 832 g/mol. The van der Waals surface area contributed by atoms with Crippen LogP contribution in [0.1, 0.15) is 73.9 Å². The molecule has 0 bridgehead atoms. The lowest BCUT2D eigenvalue weighted by molar-refractivity contribution is -0.137. The quantitative estimate of drug-likeness (QED) is 0.100. The number of benzene rings is 4. The number of aromatic amines is 2. The van der Waals surface area contributed by atoms with E-state index in [4.69, 9.17) is 19.2 Å². The van der Waals surface area contributed by atoms with Crippen molar-refractivity contribution in [2.75, 3.05) is 40.5 Å². The van der Waals surface area contributed by atoms with E-state index in [1.54, 1.807) is 40.4 Å². The van der Waals surface area contributed by atoms with E-state index >= 15 is 4.39 Å². The highest BCUT2D eigenvalue weighted by molar-refractivity contribution is 5.91. The van der Waals surface area contributed by atoms with Gasteiger partial charge in [-0.05, 0) is 84.5 Å². The number of aromatic nitrogens is 4.